The van der Waals surface area contributed by atoms with Gasteiger partial charge in [-0.1, -0.05) is 0 Å². The first-order valence-corrected chi connectivity index (χ1v) is 9.69. The molecule has 0 bridgehead atoms. The summed E-state index contributed by atoms with van der Waals surface area (Å²) in [6.07, 6.45) is 0. The minimum Gasteiger partial charge on any atom is -0.486 e. The minimum atomic E-state index is -3.81. The van der Waals surface area contributed by atoms with Gasteiger partial charge >= 0.3 is 0 Å². The molecular formula is C16H18N4O5S. The Labute approximate surface area is 150 Å². The second-order valence-corrected chi connectivity index (χ2v) is 7.47. The molecule has 0 radical (unpaired) electrons. The van der Waals surface area contributed by atoms with E-state index in [9.17, 15) is 8.42 Å². The smallest absolute Gasteiger partial charge is 0.263 e. The van der Waals surface area contributed by atoms with Crippen LogP contribution in [-0.4, -0.2) is 58.1 Å². The lowest BCUT2D eigenvalue weighted by Gasteiger charge is -2.27. The van der Waals surface area contributed by atoms with Gasteiger partial charge < -0.3 is 19.1 Å². The standard InChI is InChI=1S/C16H18N4O5S/c21-26(22,12-1-2-13-14(11-12)25-10-9-24-13)19-15-3-4-16(18-17-15)20-5-7-23-8-6-20/h1-4,11H,5-10H2,(H,17,19). The van der Waals surface area contributed by atoms with Crippen molar-refractivity contribution in [1.29, 1.82) is 0 Å². The molecule has 2 aliphatic rings. The molecule has 2 aromatic rings. The number of benzene rings is 1. The molecule has 1 N–H and O–H groups in total. The Morgan fingerprint density at radius 3 is 2.42 bits per heavy atom. The Balaban J connectivity index is 1.50. The quantitative estimate of drug-likeness (QED) is 0.837. The van der Waals surface area contributed by atoms with Crippen molar-refractivity contribution in [2.45, 2.75) is 4.90 Å². The number of aromatic nitrogens is 2. The Morgan fingerprint density at radius 1 is 0.923 bits per heavy atom. The molecular weight excluding hydrogens is 360 g/mol. The molecule has 2 aliphatic heterocycles. The van der Waals surface area contributed by atoms with Crippen molar-refractivity contribution in [2.24, 2.45) is 0 Å². The number of hydrogen-bond acceptors (Lipinski definition) is 8. The van der Waals surface area contributed by atoms with Gasteiger partial charge in [-0.25, -0.2) is 8.42 Å². The Morgan fingerprint density at radius 2 is 1.69 bits per heavy atom. The van der Waals surface area contributed by atoms with Crippen molar-refractivity contribution in [3.8, 4) is 11.5 Å². The van der Waals surface area contributed by atoms with Crippen molar-refractivity contribution in [2.75, 3.05) is 49.1 Å². The van der Waals surface area contributed by atoms with Crippen LogP contribution in [0.5, 0.6) is 11.5 Å². The minimum absolute atomic E-state index is 0.0702. The molecule has 1 fully saturated rings. The molecule has 26 heavy (non-hydrogen) atoms. The van der Waals surface area contributed by atoms with Gasteiger partial charge in [-0.3, -0.25) is 4.72 Å². The van der Waals surface area contributed by atoms with Crippen molar-refractivity contribution in [3.05, 3.63) is 30.3 Å². The van der Waals surface area contributed by atoms with Crippen molar-refractivity contribution >= 4 is 21.7 Å². The van der Waals surface area contributed by atoms with Crippen molar-refractivity contribution < 1.29 is 22.6 Å². The number of ether oxygens (including phenoxy) is 3. The number of hydrogen-bond donors (Lipinski definition) is 1. The fraction of sp³-hybridized carbons (Fsp3) is 0.375. The fourth-order valence-corrected chi connectivity index (χ4v) is 3.74. The van der Waals surface area contributed by atoms with Gasteiger partial charge in [-0.05, 0) is 24.3 Å². The van der Waals surface area contributed by atoms with Gasteiger partial charge in [0.2, 0.25) is 0 Å². The van der Waals surface area contributed by atoms with Crippen LogP contribution in [0.4, 0.5) is 11.6 Å². The first-order chi connectivity index (χ1) is 12.6. The molecule has 0 atom stereocenters. The van der Waals surface area contributed by atoms with Gasteiger partial charge in [0.05, 0.1) is 18.1 Å². The molecule has 9 nitrogen and oxygen atoms in total. The third-order valence-corrected chi connectivity index (χ3v) is 5.40. The number of fused-ring (bicyclic) bond motifs is 1. The largest absolute Gasteiger partial charge is 0.486 e. The van der Waals surface area contributed by atoms with E-state index in [1.165, 1.54) is 12.1 Å². The molecule has 0 spiro atoms. The number of morpholine rings is 1. The summed E-state index contributed by atoms with van der Waals surface area (Å²) in [4.78, 5) is 2.11. The van der Waals surface area contributed by atoms with E-state index in [1.807, 2.05) is 4.90 Å². The zero-order valence-electron chi connectivity index (χ0n) is 13.9. The summed E-state index contributed by atoms with van der Waals surface area (Å²) in [5.41, 5.74) is 0. The van der Waals surface area contributed by atoms with Gasteiger partial charge in [-0.15, -0.1) is 10.2 Å². The summed E-state index contributed by atoms with van der Waals surface area (Å²) in [6, 6.07) is 7.81. The average molecular weight is 378 g/mol. The molecule has 1 aromatic heterocycles. The SMILES string of the molecule is O=S(=O)(Nc1ccc(N2CCOCC2)nn1)c1ccc2c(c1)OCCO2. The topological polar surface area (TPSA) is 103 Å². The van der Waals surface area contributed by atoms with Gasteiger partial charge in [0.15, 0.2) is 23.1 Å². The van der Waals surface area contributed by atoms with Crippen LogP contribution < -0.4 is 19.1 Å². The zero-order chi connectivity index (χ0) is 18.0. The summed E-state index contributed by atoms with van der Waals surface area (Å²) in [5.74, 6) is 1.78. The Hall–Kier alpha value is -2.59. The van der Waals surface area contributed by atoms with Gasteiger partial charge in [0.1, 0.15) is 13.2 Å². The maximum absolute atomic E-state index is 12.6. The lowest BCUT2D eigenvalue weighted by molar-refractivity contribution is 0.122. The first kappa shape index (κ1) is 16.9. The van der Waals surface area contributed by atoms with Crippen LogP contribution >= 0.6 is 0 Å². The average Bonchev–Trinajstić information content (AvgIpc) is 2.68. The maximum Gasteiger partial charge on any atom is 0.263 e. The van der Waals surface area contributed by atoms with Gasteiger partial charge in [0, 0.05) is 19.2 Å². The normalized spacial score (nSPS) is 17.0. The van der Waals surface area contributed by atoms with E-state index in [0.717, 1.165) is 13.1 Å². The van der Waals surface area contributed by atoms with Crippen LogP contribution in [0.3, 0.4) is 0 Å². The highest BCUT2D eigenvalue weighted by Gasteiger charge is 2.20. The molecule has 4 rings (SSSR count). The highest BCUT2D eigenvalue weighted by Crippen LogP contribution is 2.32. The van der Waals surface area contributed by atoms with E-state index in [0.29, 0.717) is 43.7 Å². The van der Waals surface area contributed by atoms with Crippen LogP contribution in [0.15, 0.2) is 35.2 Å². The second-order valence-electron chi connectivity index (χ2n) is 5.79. The fourth-order valence-electron chi connectivity index (χ4n) is 2.73. The molecule has 10 heteroatoms. The monoisotopic (exact) mass is 378 g/mol. The van der Waals surface area contributed by atoms with E-state index in [4.69, 9.17) is 14.2 Å². The summed E-state index contributed by atoms with van der Waals surface area (Å²) < 4.78 is 43.7. The van der Waals surface area contributed by atoms with E-state index >= 15 is 0 Å². The lowest BCUT2D eigenvalue weighted by atomic mass is 10.3. The van der Waals surface area contributed by atoms with E-state index in [-0.39, 0.29) is 10.7 Å². The van der Waals surface area contributed by atoms with Crippen molar-refractivity contribution in [1.82, 2.24) is 10.2 Å². The predicted octanol–water partition coefficient (Wildman–Crippen LogP) is 0.885. The molecule has 138 valence electrons. The summed E-state index contributed by atoms with van der Waals surface area (Å²) in [5, 5.41) is 8.07. The Bertz CT molecular complexity index is 882. The Kier molecular flexibility index (Phi) is 4.51. The second kappa shape index (κ2) is 6.96. The third kappa shape index (κ3) is 3.51. The highest BCUT2D eigenvalue weighted by atomic mass is 32.2. The van der Waals surface area contributed by atoms with Crippen LogP contribution in [0, 0.1) is 0 Å². The lowest BCUT2D eigenvalue weighted by Crippen LogP contribution is -2.36. The third-order valence-electron chi connectivity index (χ3n) is 4.05. The van der Waals surface area contributed by atoms with E-state index in [1.54, 1.807) is 18.2 Å². The molecule has 0 saturated carbocycles. The van der Waals surface area contributed by atoms with Crippen LogP contribution in [-0.2, 0) is 14.8 Å². The number of rotatable bonds is 4. The van der Waals surface area contributed by atoms with Crippen molar-refractivity contribution in [3.63, 3.8) is 0 Å². The summed E-state index contributed by atoms with van der Waals surface area (Å²) in [6.45, 7) is 3.58. The zero-order valence-corrected chi connectivity index (χ0v) is 14.7. The van der Waals surface area contributed by atoms with E-state index < -0.39 is 10.0 Å². The van der Waals surface area contributed by atoms with Gasteiger partial charge in [-0.2, -0.15) is 0 Å². The van der Waals surface area contributed by atoms with Gasteiger partial charge in [0.25, 0.3) is 10.0 Å². The number of nitrogens with zero attached hydrogens (tertiary/aromatic N) is 3. The molecule has 0 unspecified atom stereocenters. The number of nitrogens with one attached hydrogen (secondary N) is 1. The van der Waals surface area contributed by atoms with Crippen LogP contribution in [0.25, 0.3) is 0 Å². The maximum atomic E-state index is 12.6. The summed E-state index contributed by atoms with van der Waals surface area (Å²) >= 11 is 0. The van der Waals surface area contributed by atoms with Crippen LogP contribution in [0.1, 0.15) is 0 Å². The van der Waals surface area contributed by atoms with E-state index in [2.05, 4.69) is 14.9 Å². The first-order valence-electron chi connectivity index (χ1n) is 8.21. The molecule has 1 saturated heterocycles. The summed E-state index contributed by atoms with van der Waals surface area (Å²) in [7, 11) is -3.81. The number of sulfonamides is 1. The molecule has 1 aromatic carbocycles. The molecule has 3 heterocycles. The molecule has 0 aliphatic carbocycles. The molecule has 0 amide bonds. The van der Waals surface area contributed by atoms with Crippen LogP contribution in [0.2, 0.25) is 0 Å². The predicted molar refractivity (Wildman–Crippen MR) is 93.3 cm³/mol. The highest BCUT2D eigenvalue weighted by molar-refractivity contribution is 7.92. The number of anilines is 2.